The van der Waals surface area contributed by atoms with E-state index in [1.807, 2.05) is 14.0 Å². The summed E-state index contributed by atoms with van der Waals surface area (Å²) in [6, 6.07) is 0. The molecule has 0 aromatic carbocycles. The second kappa shape index (κ2) is 3.80. The number of aryl methyl sites for hydroxylation is 1. The first-order valence-electron chi connectivity index (χ1n) is 5.41. The number of aromatic nitrogens is 2. The fraction of sp³-hybridized carbons (Fsp3) is 0.727. The van der Waals surface area contributed by atoms with Gasteiger partial charge in [-0.15, -0.1) is 0 Å². The predicted molar refractivity (Wildman–Crippen MR) is 59.7 cm³/mol. The van der Waals surface area contributed by atoms with Crippen LogP contribution >= 0.6 is 11.6 Å². The third-order valence-corrected chi connectivity index (χ3v) is 3.59. The molecule has 1 heterocycles. The van der Waals surface area contributed by atoms with E-state index in [2.05, 4.69) is 5.10 Å². The highest BCUT2D eigenvalue weighted by atomic mass is 35.5. The smallest absolute Gasteiger partial charge is 0.105 e. The van der Waals surface area contributed by atoms with Gasteiger partial charge in [0.2, 0.25) is 0 Å². The van der Waals surface area contributed by atoms with Crippen LogP contribution in [0.2, 0.25) is 5.02 Å². The molecule has 84 valence electrons. The Morgan fingerprint density at radius 3 is 2.73 bits per heavy atom. The summed E-state index contributed by atoms with van der Waals surface area (Å²) in [5.41, 5.74) is -0.121. The molecule has 1 aromatic rings. The minimum atomic E-state index is -0.854. The fourth-order valence-corrected chi connectivity index (χ4v) is 2.74. The van der Waals surface area contributed by atoms with Gasteiger partial charge in [0.15, 0.2) is 0 Å². The first-order valence-corrected chi connectivity index (χ1v) is 5.79. The fourth-order valence-electron chi connectivity index (χ4n) is 2.37. The Labute approximate surface area is 95.0 Å². The summed E-state index contributed by atoms with van der Waals surface area (Å²) >= 11 is 6.03. The molecular weight excluding hydrogens is 212 g/mol. The van der Waals surface area contributed by atoms with Gasteiger partial charge in [-0.2, -0.15) is 5.10 Å². The van der Waals surface area contributed by atoms with Crippen LogP contribution in [0.25, 0.3) is 0 Å². The summed E-state index contributed by atoms with van der Waals surface area (Å²) in [6.07, 6.45) is 6.12. The van der Waals surface area contributed by atoms with E-state index in [1.165, 1.54) is 19.3 Å². The van der Waals surface area contributed by atoms with Crippen molar-refractivity contribution in [2.45, 2.75) is 38.2 Å². The lowest BCUT2D eigenvalue weighted by Gasteiger charge is -2.33. The minimum Gasteiger partial charge on any atom is -0.384 e. The number of hydrogen-bond acceptors (Lipinski definition) is 2. The zero-order chi connectivity index (χ0) is 11.1. The second-order valence-corrected chi connectivity index (χ2v) is 5.15. The Hall–Kier alpha value is -0.540. The van der Waals surface area contributed by atoms with E-state index in [-0.39, 0.29) is 0 Å². The van der Waals surface area contributed by atoms with Gasteiger partial charge in [-0.05, 0) is 19.3 Å². The van der Waals surface area contributed by atoms with Crippen LogP contribution in [0.15, 0.2) is 6.20 Å². The topological polar surface area (TPSA) is 38.0 Å². The molecule has 4 heteroatoms. The molecule has 1 N–H and O–H groups in total. The SMILES string of the molecule is Cn1ncc(Cl)c1C(C)(O)CC1CCC1. The molecule has 0 saturated heterocycles. The number of nitrogens with zero attached hydrogens (tertiary/aromatic N) is 2. The van der Waals surface area contributed by atoms with Crippen LogP contribution in [0.3, 0.4) is 0 Å². The van der Waals surface area contributed by atoms with Crippen LogP contribution in [0.5, 0.6) is 0 Å². The Morgan fingerprint density at radius 2 is 2.33 bits per heavy atom. The molecule has 15 heavy (non-hydrogen) atoms. The number of halogens is 1. The van der Waals surface area contributed by atoms with Gasteiger partial charge in [0.05, 0.1) is 16.9 Å². The molecule has 1 unspecified atom stereocenters. The van der Waals surface area contributed by atoms with E-state index in [0.29, 0.717) is 10.9 Å². The summed E-state index contributed by atoms with van der Waals surface area (Å²) in [7, 11) is 1.82. The molecule has 3 nitrogen and oxygen atoms in total. The van der Waals surface area contributed by atoms with Gasteiger partial charge in [0.1, 0.15) is 5.60 Å². The Kier molecular flexibility index (Phi) is 2.77. The molecule has 1 fully saturated rings. The summed E-state index contributed by atoms with van der Waals surface area (Å²) in [5.74, 6) is 0.644. The van der Waals surface area contributed by atoms with Crippen molar-refractivity contribution in [2.24, 2.45) is 13.0 Å². The molecule has 0 bridgehead atoms. The van der Waals surface area contributed by atoms with Crippen molar-refractivity contribution in [3.8, 4) is 0 Å². The van der Waals surface area contributed by atoms with Crippen molar-refractivity contribution in [3.05, 3.63) is 16.9 Å². The first-order chi connectivity index (χ1) is 7.00. The van der Waals surface area contributed by atoms with Crippen LogP contribution in [-0.2, 0) is 12.6 Å². The number of hydrogen-bond donors (Lipinski definition) is 1. The lowest BCUT2D eigenvalue weighted by molar-refractivity contribution is 0.00917. The third kappa shape index (κ3) is 2.04. The molecule has 1 aromatic heterocycles. The number of aliphatic hydroxyl groups is 1. The Bertz CT molecular complexity index is 336. The van der Waals surface area contributed by atoms with Crippen LogP contribution in [0, 0.1) is 5.92 Å². The highest BCUT2D eigenvalue weighted by Crippen LogP contribution is 2.39. The van der Waals surface area contributed by atoms with Gasteiger partial charge in [-0.3, -0.25) is 4.68 Å². The van der Waals surface area contributed by atoms with Gasteiger partial charge < -0.3 is 5.11 Å². The molecule has 0 spiro atoms. The Morgan fingerprint density at radius 1 is 1.67 bits per heavy atom. The molecule has 0 aliphatic heterocycles. The van der Waals surface area contributed by atoms with Crippen molar-refractivity contribution in [1.29, 1.82) is 0 Å². The summed E-state index contributed by atoms with van der Waals surface area (Å²) in [6.45, 7) is 1.83. The highest BCUT2D eigenvalue weighted by molar-refractivity contribution is 6.31. The Balaban J connectivity index is 2.19. The molecule has 1 aliphatic carbocycles. The third-order valence-electron chi connectivity index (χ3n) is 3.32. The zero-order valence-electron chi connectivity index (χ0n) is 9.20. The van der Waals surface area contributed by atoms with Crippen molar-refractivity contribution in [3.63, 3.8) is 0 Å². The molecule has 1 saturated carbocycles. The van der Waals surface area contributed by atoms with E-state index in [0.717, 1.165) is 12.1 Å². The summed E-state index contributed by atoms with van der Waals surface area (Å²) in [5, 5.41) is 15.0. The largest absolute Gasteiger partial charge is 0.384 e. The zero-order valence-corrected chi connectivity index (χ0v) is 9.96. The molecule has 1 aliphatic rings. The van der Waals surface area contributed by atoms with E-state index in [9.17, 15) is 5.11 Å². The lowest BCUT2D eigenvalue weighted by atomic mass is 9.77. The maximum absolute atomic E-state index is 10.4. The molecule has 0 radical (unpaired) electrons. The van der Waals surface area contributed by atoms with Crippen molar-refractivity contribution >= 4 is 11.6 Å². The highest BCUT2D eigenvalue weighted by Gasteiger charge is 2.34. The van der Waals surface area contributed by atoms with E-state index < -0.39 is 5.60 Å². The van der Waals surface area contributed by atoms with Crippen LogP contribution in [0.1, 0.15) is 38.3 Å². The van der Waals surface area contributed by atoms with Crippen molar-refractivity contribution in [1.82, 2.24) is 9.78 Å². The predicted octanol–water partition coefficient (Wildman–Crippen LogP) is 2.47. The lowest BCUT2D eigenvalue weighted by Crippen LogP contribution is -2.30. The van der Waals surface area contributed by atoms with Crippen LogP contribution in [0.4, 0.5) is 0 Å². The van der Waals surface area contributed by atoms with E-state index >= 15 is 0 Å². The average molecular weight is 229 g/mol. The summed E-state index contributed by atoms with van der Waals surface area (Å²) in [4.78, 5) is 0. The van der Waals surface area contributed by atoms with Gasteiger partial charge in [0.25, 0.3) is 0 Å². The van der Waals surface area contributed by atoms with Crippen LogP contribution < -0.4 is 0 Å². The number of rotatable bonds is 3. The summed E-state index contributed by atoms with van der Waals surface area (Å²) < 4.78 is 1.67. The van der Waals surface area contributed by atoms with Crippen molar-refractivity contribution in [2.75, 3.05) is 0 Å². The van der Waals surface area contributed by atoms with Gasteiger partial charge in [-0.1, -0.05) is 30.9 Å². The molecule has 1 atom stereocenters. The van der Waals surface area contributed by atoms with Gasteiger partial charge >= 0.3 is 0 Å². The maximum atomic E-state index is 10.4. The van der Waals surface area contributed by atoms with E-state index in [1.54, 1.807) is 10.9 Å². The standard InChI is InChI=1S/C11H17ClN2O/c1-11(15,6-8-4-3-5-8)10-9(12)7-13-14(10)2/h7-8,15H,3-6H2,1-2H3. The van der Waals surface area contributed by atoms with Gasteiger partial charge in [-0.25, -0.2) is 0 Å². The maximum Gasteiger partial charge on any atom is 0.105 e. The van der Waals surface area contributed by atoms with Crippen molar-refractivity contribution < 1.29 is 5.11 Å². The van der Waals surface area contributed by atoms with E-state index in [4.69, 9.17) is 11.6 Å². The minimum absolute atomic E-state index is 0.557. The molecule has 0 amide bonds. The quantitative estimate of drug-likeness (QED) is 0.863. The van der Waals surface area contributed by atoms with Gasteiger partial charge in [0, 0.05) is 7.05 Å². The molecular formula is C11H17ClN2O. The second-order valence-electron chi connectivity index (χ2n) is 4.74. The first kappa shape index (κ1) is 11.0. The average Bonchev–Trinajstić information content (AvgIpc) is 2.40. The normalized spacial score (nSPS) is 21.1. The van der Waals surface area contributed by atoms with Crippen LogP contribution in [-0.4, -0.2) is 14.9 Å². The molecule has 2 rings (SSSR count). The monoisotopic (exact) mass is 228 g/mol.